The zero-order valence-corrected chi connectivity index (χ0v) is 19.1. The quantitative estimate of drug-likeness (QED) is 0.572. The van der Waals surface area contributed by atoms with Crippen LogP contribution in [0.25, 0.3) is 5.69 Å². The summed E-state index contributed by atoms with van der Waals surface area (Å²) in [5.74, 6) is 1.61. The lowest BCUT2D eigenvalue weighted by Crippen LogP contribution is -2.45. The van der Waals surface area contributed by atoms with E-state index in [2.05, 4.69) is 73.3 Å². The predicted molar refractivity (Wildman–Crippen MR) is 120 cm³/mol. The number of nitrogens with one attached hydrogen (secondary N) is 2. The summed E-state index contributed by atoms with van der Waals surface area (Å²) in [5, 5.41) is 19.3. The molecule has 3 aromatic rings. The summed E-state index contributed by atoms with van der Waals surface area (Å²) in [6, 6.07) is 13.3. The fourth-order valence-electron chi connectivity index (χ4n) is 4.01. The molecule has 0 saturated carbocycles. The first kappa shape index (κ1) is 21.0. The fraction of sp³-hybridized carbons (Fsp3) is 0.409. The highest BCUT2D eigenvalue weighted by molar-refractivity contribution is 9.10. The molecular weight excluding hydrogens is 444 g/mol. The number of hydrogen-bond acceptors (Lipinski definition) is 6. The lowest BCUT2D eigenvalue weighted by molar-refractivity contribution is 0.302. The van der Waals surface area contributed by atoms with Crippen LogP contribution in [0.3, 0.4) is 0 Å². The summed E-state index contributed by atoms with van der Waals surface area (Å²) >= 11 is 3.68. The van der Waals surface area contributed by atoms with Gasteiger partial charge in [0.15, 0.2) is 5.82 Å². The Morgan fingerprint density at radius 2 is 2.10 bits per heavy atom. The molecule has 0 bridgehead atoms. The molecule has 7 nitrogen and oxygen atoms in total. The van der Waals surface area contributed by atoms with Crippen molar-refractivity contribution in [3.8, 4) is 11.4 Å². The van der Waals surface area contributed by atoms with Crippen molar-refractivity contribution >= 4 is 15.9 Å². The van der Waals surface area contributed by atoms with Crippen LogP contribution in [-0.2, 0) is 6.54 Å². The van der Waals surface area contributed by atoms with E-state index in [-0.39, 0.29) is 6.04 Å². The number of methoxy groups -OCH3 is 1. The molecule has 4 rings (SSSR count). The van der Waals surface area contributed by atoms with E-state index < -0.39 is 0 Å². The molecule has 1 aliphatic rings. The molecule has 1 aromatic heterocycles. The van der Waals surface area contributed by atoms with Crippen molar-refractivity contribution in [2.24, 2.45) is 0 Å². The minimum Gasteiger partial charge on any atom is -0.496 e. The van der Waals surface area contributed by atoms with Crippen LogP contribution in [0.2, 0.25) is 0 Å². The van der Waals surface area contributed by atoms with Gasteiger partial charge < -0.3 is 15.4 Å². The summed E-state index contributed by atoms with van der Waals surface area (Å²) in [5.41, 5.74) is 4.56. The van der Waals surface area contributed by atoms with Crippen LogP contribution in [0, 0.1) is 13.8 Å². The Hall–Kier alpha value is -2.29. The van der Waals surface area contributed by atoms with Gasteiger partial charge in [-0.2, -0.15) is 4.68 Å². The Morgan fingerprint density at radius 3 is 2.83 bits per heavy atom. The lowest BCUT2D eigenvalue weighted by atomic mass is 9.91. The molecule has 1 fully saturated rings. The van der Waals surface area contributed by atoms with Gasteiger partial charge >= 0.3 is 0 Å². The fourth-order valence-corrected chi connectivity index (χ4v) is 4.40. The van der Waals surface area contributed by atoms with E-state index in [1.807, 2.05) is 19.1 Å². The Labute approximate surface area is 185 Å². The highest BCUT2D eigenvalue weighted by Gasteiger charge is 2.26. The SMILES string of the molecule is COc1ccc(-n2nnnc2C)cc1CN[C@@H]1CCCN[C@@H]1c1ccc(C)c(Br)c1. The molecule has 2 atom stereocenters. The van der Waals surface area contributed by atoms with E-state index in [4.69, 9.17) is 4.74 Å². The third kappa shape index (κ3) is 4.40. The summed E-state index contributed by atoms with van der Waals surface area (Å²) < 4.78 is 8.49. The van der Waals surface area contributed by atoms with Gasteiger partial charge in [-0.25, -0.2) is 0 Å². The highest BCUT2D eigenvalue weighted by Crippen LogP contribution is 2.29. The van der Waals surface area contributed by atoms with Gasteiger partial charge in [0.25, 0.3) is 0 Å². The van der Waals surface area contributed by atoms with Gasteiger partial charge in [0, 0.05) is 28.7 Å². The monoisotopic (exact) mass is 470 g/mol. The van der Waals surface area contributed by atoms with E-state index in [9.17, 15) is 0 Å². The second-order valence-corrected chi connectivity index (χ2v) is 8.56. The van der Waals surface area contributed by atoms with Crippen molar-refractivity contribution in [2.45, 2.75) is 45.3 Å². The zero-order chi connectivity index (χ0) is 21.1. The average Bonchev–Trinajstić information content (AvgIpc) is 3.20. The van der Waals surface area contributed by atoms with Crippen molar-refractivity contribution in [2.75, 3.05) is 13.7 Å². The van der Waals surface area contributed by atoms with Crippen molar-refractivity contribution < 1.29 is 4.74 Å². The number of aryl methyl sites for hydroxylation is 2. The third-order valence-electron chi connectivity index (χ3n) is 5.70. The van der Waals surface area contributed by atoms with Crippen LogP contribution in [-0.4, -0.2) is 39.9 Å². The first-order valence-corrected chi connectivity index (χ1v) is 11.0. The van der Waals surface area contributed by atoms with E-state index in [0.717, 1.165) is 46.7 Å². The maximum absolute atomic E-state index is 5.61. The first-order chi connectivity index (χ1) is 14.6. The van der Waals surface area contributed by atoms with Gasteiger partial charge in [0.1, 0.15) is 5.75 Å². The largest absolute Gasteiger partial charge is 0.496 e. The average molecular weight is 471 g/mol. The minimum atomic E-state index is 0.270. The molecule has 0 radical (unpaired) electrons. The van der Waals surface area contributed by atoms with Gasteiger partial charge in [-0.1, -0.05) is 28.1 Å². The van der Waals surface area contributed by atoms with Crippen molar-refractivity contribution in [1.82, 2.24) is 30.8 Å². The first-order valence-electron chi connectivity index (χ1n) is 10.2. The molecule has 1 aliphatic heterocycles. The van der Waals surface area contributed by atoms with E-state index in [1.165, 1.54) is 11.1 Å². The van der Waals surface area contributed by atoms with Gasteiger partial charge in [-0.15, -0.1) is 5.10 Å². The second kappa shape index (κ2) is 9.24. The van der Waals surface area contributed by atoms with Crippen LogP contribution < -0.4 is 15.4 Å². The molecule has 2 aromatic carbocycles. The smallest absolute Gasteiger partial charge is 0.153 e. The van der Waals surface area contributed by atoms with Gasteiger partial charge in [0.05, 0.1) is 12.8 Å². The van der Waals surface area contributed by atoms with Crippen molar-refractivity contribution in [3.63, 3.8) is 0 Å². The van der Waals surface area contributed by atoms with E-state index in [1.54, 1.807) is 11.8 Å². The maximum Gasteiger partial charge on any atom is 0.153 e. The molecule has 0 spiro atoms. The number of tetrazole rings is 1. The van der Waals surface area contributed by atoms with Gasteiger partial charge in [-0.05, 0) is 79.1 Å². The van der Waals surface area contributed by atoms with Crippen LogP contribution in [0.4, 0.5) is 0 Å². The number of aromatic nitrogens is 4. The minimum absolute atomic E-state index is 0.270. The number of benzene rings is 2. The number of piperidine rings is 1. The topological polar surface area (TPSA) is 76.9 Å². The molecule has 2 heterocycles. The van der Waals surface area contributed by atoms with E-state index >= 15 is 0 Å². The number of ether oxygens (including phenoxy) is 1. The lowest BCUT2D eigenvalue weighted by Gasteiger charge is -2.34. The molecule has 1 saturated heterocycles. The summed E-state index contributed by atoms with van der Waals surface area (Å²) in [6.07, 6.45) is 2.28. The van der Waals surface area contributed by atoms with Crippen LogP contribution in [0.5, 0.6) is 5.75 Å². The maximum atomic E-state index is 5.61. The van der Waals surface area contributed by atoms with Gasteiger partial charge in [-0.3, -0.25) is 0 Å². The Bertz CT molecular complexity index is 1020. The second-order valence-electron chi connectivity index (χ2n) is 7.70. The number of hydrogen-bond donors (Lipinski definition) is 2. The van der Waals surface area contributed by atoms with Gasteiger partial charge in [0.2, 0.25) is 0 Å². The number of nitrogens with zero attached hydrogens (tertiary/aromatic N) is 4. The van der Waals surface area contributed by atoms with Crippen LogP contribution in [0.1, 0.15) is 41.4 Å². The molecule has 2 N–H and O–H groups in total. The van der Waals surface area contributed by atoms with E-state index in [0.29, 0.717) is 12.6 Å². The van der Waals surface area contributed by atoms with Crippen molar-refractivity contribution in [1.29, 1.82) is 0 Å². The third-order valence-corrected chi connectivity index (χ3v) is 6.56. The standard InChI is InChI=1S/C22H27BrN6O/c1-14-6-7-16(12-19(14)23)22-20(5-4-10-24-22)25-13-17-11-18(8-9-21(17)30-3)29-15(2)26-27-28-29/h6-9,11-12,20,22,24-25H,4-5,10,13H2,1-3H3/t20-,22-/m1/s1. The number of rotatable bonds is 6. The molecule has 158 valence electrons. The van der Waals surface area contributed by atoms with Crippen molar-refractivity contribution in [3.05, 3.63) is 63.4 Å². The van der Waals surface area contributed by atoms with Crippen LogP contribution >= 0.6 is 15.9 Å². The number of halogens is 1. The Kier molecular flexibility index (Phi) is 6.46. The predicted octanol–water partition coefficient (Wildman–Crippen LogP) is 3.63. The summed E-state index contributed by atoms with van der Waals surface area (Å²) in [4.78, 5) is 0. The Balaban J connectivity index is 1.55. The molecular formula is C22H27BrN6O. The molecule has 0 aliphatic carbocycles. The van der Waals surface area contributed by atoms with Crippen LogP contribution in [0.15, 0.2) is 40.9 Å². The Morgan fingerprint density at radius 1 is 1.23 bits per heavy atom. The highest BCUT2D eigenvalue weighted by atomic mass is 79.9. The molecule has 0 unspecified atom stereocenters. The summed E-state index contributed by atoms with van der Waals surface area (Å²) in [7, 11) is 1.70. The normalized spacial score (nSPS) is 19.1. The molecule has 8 heteroatoms. The zero-order valence-electron chi connectivity index (χ0n) is 17.5. The summed E-state index contributed by atoms with van der Waals surface area (Å²) in [6.45, 7) is 5.74. The molecule has 0 amide bonds. The molecule has 30 heavy (non-hydrogen) atoms.